The maximum Gasteiger partial charge on any atom is 0.115 e. The molecule has 1 aromatic carbocycles. The van der Waals surface area contributed by atoms with Crippen LogP contribution in [0.1, 0.15) is 22.9 Å². The molecule has 0 radical (unpaired) electrons. The molecule has 0 amide bonds. The molecule has 0 fully saturated rings. The lowest BCUT2D eigenvalue weighted by molar-refractivity contribution is 0.537. The van der Waals surface area contributed by atoms with E-state index in [1.54, 1.807) is 6.20 Å². The summed E-state index contributed by atoms with van der Waals surface area (Å²) in [6, 6.07) is 10.3. The van der Waals surface area contributed by atoms with E-state index in [0.29, 0.717) is 0 Å². The van der Waals surface area contributed by atoms with Crippen molar-refractivity contribution in [1.29, 1.82) is 0 Å². The second kappa shape index (κ2) is 5.52. The van der Waals surface area contributed by atoms with Crippen molar-refractivity contribution in [2.24, 2.45) is 5.84 Å². The Morgan fingerprint density at radius 1 is 1.35 bits per heavy atom. The van der Waals surface area contributed by atoms with Crippen molar-refractivity contribution in [2.75, 3.05) is 0 Å². The van der Waals surface area contributed by atoms with E-state index in [-0.39, 0.29) is 6.04 Å². The van der Waals surface area contributed by atoms with Crippen molar-refractivity contribution < 1.29 is 0 Å². The highest BCUT2D eigenvalue weighted by Crippen LogP contribution is 2.15. The fraction of sp³-hybridized carbons (Fsp3) is 0.231. The first-order valence-corrected chi connectivity index (χ1v) is 5.57. The van der Waals surface area contributed by atoms with Crippen LogP contribution in [0.2, 0.25) is 0 Å². The Balaban J connectivity index is 2.16. The van der Waals surface area contributed by atoms with Gasteiger partial charge in [0.15, 0.2) is 0 Å². The highest BCUT2D eigenvalue weighted by molar-refractivity contribution is 5.24. The van der Waals surface area contributed by atoms with Gasteiger partial charge < -0.3 is 0 Å². The van der Waals surface area contributed by atoms with Crippen LogP contribution in [0.5, 0.6) is 0 Å². The lowest BCUT2D eigenvalue weighted by Gasteiger charge is -2.15. The van der Waals surface area contributed by atoms with Crippen LogP contribution in [0.15, 0.2) is 42.9 Å². The Morgan fingerprint density at radius 2 is 2.24 bits per heavy atom. The Kier molecular flexibility index (Phi) is 3.80. The third-order valence-electron chi connectivity index (χ3n) is 2.69. The predicted molar refractivity (Wildman–Crippen MR) is 67.0 cm³/mol. The van der Waals surface area contributed by atoms with E-state index in [9.17, 15) is 0 Å². The molecule has 1 heterocycles. The van der Waals surface area contributed by atoms with Crippen LogP contribution in [0, 0.1) is 6.92 Å². The van der Waals surface area contributed by atoms with Crippen molar-refractivity contribution in [3.63, 3.8) is 0 Å². The SMILES string of the molecule is Cc1cccc(CC(NN)c2ccncn2)c1. The molecule has 2 aromatic rings. The molecule has 0 aliphatic rings. The quantitative estimate of drug-likeness (QED) is 0.615. The largest absolute Gasteiger partial charge is 0.271 e. The van der Waals surface area contributed by atoms with Gasteiger partial charge in [-0.05, 0) is 25.0 Å². The highest BCUT2D eigenvalue weighted by Gasteiger charge is 2.11. The van der Waals surface area contributed by atoms with Crippen LogP contribution < -0.4 is 11.3 Å². The Morgan fingerprint density at radius 3 is 2.88 bits per heavy atom. The molecule has 88 valence electrons. The number of hydrogen-bond donors (Lipinski definition) is 2. The molecule has 0 bridgehead atoms. The lowest BCUT2D eigenvalue weighted by Crippen LogP contribution is -2.30. The number of hydrogen-bond acceptors (Lipinski definition) is 4. The van der Waals surface area contributed by atoms with E-state index < -0.39 is 0 Å². The van der Waals surface area contributed by atoms with Gasteiger partial charge in [-0.2, -0.15) is 0 Å². The number of rotatable bonds is 4. The zero-order valence-electron chi connectivity index (χ0n) is 9.80. The molecule has 1 atom stereocenters. The number of aryl methyl sites for hydroxylation is 1. The summed E-state index contributed by atoms with van der Waals surface area (Å²) in [6.45, 7) is 2.08. The minimum atomic E-state index is 0.0137. The second-order valence-corrected chi connectivity index (χ2v) is 4.05. The van der Waals surface area contributed by atoms with Crippen molar-refractivity contribution in [3.8, 4) is 0 Å². The predicted octanol–water partition coefficient (Wildman–Crippen LogP) is 1.53. The van der Waals surface area contributed by atoms with Crippen molar-refractivity contribution >= 4 is 0 Å². The van der Waals surface area contributed by atoms with Crippen LogP contribution >= 0.6 is 0 Å². The van der Waals surface area contributed by atoms with E-state index in [1.807, 2.05) is 6.07 Å². The normalized spacial score (nSPS) is 12.4. The van der Waals surface area contributed by atoms with Crippen LogP contribution in [0.25, 0.3) is 0 Å². The summed E-state index contributed by atoms with van der Waals surface area (Å²) in [4.78, 5) is 8.12. The number of hydrazine groups is 1. The average Bonchev–Trinajstić information content (AvgIpc) is 2.37. The smallest absolute Gasteiger partial charge is 0.115 e. The fourth-order valence-electron chi connectivity index (χ4n) is 1.83. The van der Waals surface area contributed by atoms with E-state index in [2.05, 4.69) is 46.6 Å². The van der Waals surface area contributed by atoms with Gasteiger partial charge in [-0.3, -0.25) is 11.3 Å². The van der Waals surface area contributed by atoms with Crippen LogP contribution in [0.4, 0.5) is 0 Å². The first-order valence-electron chi connectivity index (χ1n) is 5.57. The van der Waals surface area contributed by atoms with Gasteiger partial charge in [-0.1, -0.05) is 29.8 Å². The third-order valence-corrected chi connectivity index (χ3v) is 2.69. The molecule has 2 rings (SSSR count). The van der Waals surface area contributed by atoms with Crippen molar-refractivity contribution in [1.82, 2.24) is 15.4 Å². The maximum atomic E-state index is 5.58. The van der Waals surface area contributed by atoms with Crippen LogP contribution in [-0.2, 0) is 6.42 Å². The Bertz CT molecular complexity index is 470. The third kappa shape index (κ3) is 3.09. The van der Waals surface area contributed by atoms with Gasteiger partial charge in [0.05, 0.1) is 11.7 Å². The molecule has 0 aliphatic carbocycles. The zero-order chi connectivity index (χ0) is 12.1. The van der Waals surface area contributed by atoms with Crippen molar-refractivity contribution in [2.45, 2.75) is 19.4 Å². The van der Waals surface area contributed by atoms with Gasteiger partial charge in [-0.25, -0.2) is 9.97 Å². The summed E-state index contributed by atoms with van der Waals surface area (Å²) in [5.74, 6) is 5.58. The fourth-order valence-corrected chi connectivity index (χ4v) is 1.83. The summed E-state index contributed by atoms with van der Waals surface area (Å²) < 4.78 is 0. The minimum absolute atomic E-state index is 0.0137. The zero-order valence-corrected chi connectivity index (χ0v) is 9.80. The molecule has 4 heteroatoms. The topological polar surface area (TPSA) is 63.8 Å². The molecule has 4 nitrogen and oxygen atoms in total. The van der Waals surface area contributed by atoms with Gasteiger partial charge in [0.25, 0.3) is 0 Å². The number of nitrogens with one attached hydrogen (secondary N) is 1. The monoisotopic (exact) mass is 228 g/mol. The second-order valence-electron chi connectivity index (χ2n) is 4.05. The highest BCUT2D eigenvalue weighted by atomic mass is 15.2. The number of benzene rings is 1. The van der Waals surface area contributed by atoms with Gasteiger partial charge in [0.2, 0.25) is 0 Å². The number of nitrogens with two attached hydrogens (primary N) is 1. The average molecular weight is 228 g/mol. The first-order chi connectivity index (χ1) is 8.29. The summed E-state index contributed by atoms with van der Waals surface area (Å²) in [6.07, 6.45) is 4.08. The molecule has 1 aromatic heterocycles. The van der Waals surface area contributed by atoms with E-state index in [1.165, 1.54) is 17.5 Å². The van der Waals surface area contributed by atoms with E-state index in [0.717, 1.165) is 12.1 Å². The lowest BCUT2D eigenvalue weighted by atomic mass is 10.0. The molecule has 1 unspecified atom stereocenters. The standard InChI is InChI=1S/C13H16N4/c1-10-3-2-4-11(7-10)8-13(17-14)12-5-6-15-9-16-12/h2-7,9,13,17H,8,14H2,1H3. The molecule has 3 N–H and O–H groups in total. The summed E-state index contributed by atoms with van der Waals surface area (Å²) in [7, 11) is 0. The van der Waals surface area contributed by atoms with E-state index in [4.69, 9.17) is 5.84 Å². The summed E-state index contributed by atoms with van der Waals surface area (Å²) >= 11 is 0. The van der Waals surface area contributed by atoms with Crippen LogP contribution in [-0.4, -0.2) is 9.97 Å². The molecule has 0 aliphatic heterocycles. The number of aromatic nitrogens is 2. The van der Waals surface area contributed by atoms with Crippen LogP contribution in [0.3, 0.4) is 0 Å². The van der Waals surface area contributed by atoms with Gasteiger partial charge in [0, 0.05) is 6.20 Å². The van der Waals surface area contributed by atoms with Gasteiger partial charge in [0.1, 0.15) is 6.33 Å². The van der Waals surface area contributed by atoms with Gasteiger partial charge >= 0.3 is 0 Å². The molecule has 0 saturated carbocycles. The molecule has 0 spiro atoms. The van der Waals surface area contributed by atoms with Gasteiger partial charge in [-0.15, -0.1) is 0 Å². The maximum absolute atomic E-state index is 5.58. The molecule has 0 saturated heterocycles. The minimum Gasteiger partial charge on any atom is -0.271 e. The number of nitrogens with zero attached hydrogens (tertiary/aromatic N) is 2. The summed E-state index contributed by atoms with van der Waals surface area (Å²) in [5, 5.41) is 0. The Hall–Kier alpha value is -1.78. The molecular weight excluding hydrogens is 212 g/mol. The van der Waals surface area contributed by atoms with Crippen molar-refractivity contribution in [3.05, 3.63) is 59.7 Å². The van der Waals surface area contributed by atoms with E-state index >= 15 is 0 Å². The summed E-state index contributed by atoms with van der Waals surface area (Å²) in [5.41, 5.74) is 6.20. The Labute approximate surface area is 101 Å². The molecule has 17 heavy (non-hydrogen) atoms. The first kappa shape index (κ1) is 11.7. The molecular formula is C13H16N4.